The predicted octanol–water partition coefficient (Wildman–Crippen LogP) is 0.181. The van der Waals surface area contributed by atoms with E-state index in [9.17, 15) is 29.5 Å². The molecule has 0 aromatic carbocycles. The molecule has 1 saturated heterocycles. The van der Waals surface area contributed by atoms with Crippen LogP contribution in [0.3, 0.4) is 0 Å². The summed E-state index contributed by atoms with van der Waals surface area (Å²) in [6, 6.07) is -2.52. The van der Waals surface area contributed by atoms with E-state index in [0.717, 1.165) is 0 Å². The van der Waals surface area contributed by atoms with Crippen molar-refractivity contribution in [2.45, 2.75) is 77.7 Å². The Hall–Kier alpha value is -2.92. The van der Waals surface area contributed by atoms with E-state index in [1.54, 1.807) is 0 Å². The van der Waals surface area contributed by atoms with Crippen molar-refractivity contribution in [3.63, 3.8) is 0 Å². The van der Waals surface area contributed by atoms with Crippen LogP contribution in [0.15, 0.2) is 6.33 Å². The summed E-state index contributed by atoms with van der Waals surface area (Å²) in [5, 5.41) is 36.3. The van der Waals surface area contributed by atoms with Gasteiger partial charge in [0.2, 0.25) is 11.8 Å². The van der Waals surface area contributed by atoms with Gasteiger partial charge in [0.05, 0.1) is 26.7 Å². The summed E-state index contributed by atoms with van der Waals surface area (Å²) < 4.78 is 36.9. The lowest BCUT2D eigenvalue weighted by Crippen LogP contribution is -2.45. The van der Waals surface area contributed by atoms with Crippen molar-refractivity contribution >= 4 is 36.7 Å². The number of anilines is 1. The molecule has 7 atom stereocenters. The number of aliphatic hydroxyl groups is 2. The predicted molar refractivity (Wildman–Crippen MR) is 144 cm³/mol. The molecule has 41 heavy (non-hydrogen) atoms. The van der Waals surface area contributed by atoms with Gasteiger partial charge >= 0.3 is 19.6 Å². The van der Waals surface area contributed by atoms with Crippen LogP contribution in [-0.4, -0.2) is 97.0 Å². The van der Waals surface area contributed by atoms with E-state index in [1.165, 1.54) is 38.8 Å². The molecule has 1 aliphatic heterocycles. The minimum Gasteiger partial charge on any atom is -0.480 e. The van der Waals surface area contributed by atoms with E-state index in [-0.39, 0.29) is 35.0 Å². The summed E-state index contributed by atoms with van der Waals surface area (Å²) in [4.78, 5) is 36.2. The fourth-order valence-electron chi connectivity index (χ4n) is 3.92. The molecule has 0 bridgehead atoms. The highest BCUT2D eigenvalue weighted by atomic mass is 31.2. The second kappa shape index (κ2) is 12.1. The number of rotatable bonds is 12. The van der Waals surface area contributed by atoms with Crippen LogP contribution in [0.1, 0.15) is 47.8 Å². The molecule has 7 N–H and O–H groups in total. The van der Waals surface area contributed by atoms with Crippen molar-refractivity contribution < 1.29 is 48.2 Å². The second-order valence-electron chi connectivity index (χ2n) is 11.2. The fraction of sp³-hybridized carbons (Fsp3) is 0.696. The van der Waals surface area contributed by atoms with Crippen molar-refractivity contribution in [1.29, 1.82) is 0 Å². The van der Waals surface area contributed by atoms with Crippen LogP contribution in [0.5, 0.6) is 5.88 Å². The molecule has 1 unspecified atom stereocenters. The molecule has 2 aromatic heterocycles. The molecule has 0 radical (unpaired) electrons. The van der Waals surface area contributed by atoms with Gasteiger partial charge in [-0.1, -0.05) is 20.8 Å². The van der Waals surface area contributed by atoms with Gasteiger partial charge < -0.3 is 39.8 Å². The molecule has 0 aliphatic carbocycles. The average molecular weight is 604 g/mol. The van der Waals surface area contributed by atoms with Gasteiger partial charge in [0, 0.05) is 0 Å². The fourth-order valence-corrected chi connectivity index (χ4v) is 5.74. The number of aliphatic hydroxyl groups excluding tert-OH is 1. The summed E-state index contributed by atoms with van der Waals surface area (Å²) in [5.41, 5.74) is 3.90. The molecule has 17 nitrogen and oxygen atoms in total. The van der Waals surface area contributed by atoms with Gasteiger partial charge in [0.25, 0.3) is 0 Å². The SMILES string of the molecule is COc1nc(N)nc2c1ncn2[C@@H]1O[C@H](COP(=O)(N[C@H](C)C(=O)O)N[C@H](C)C(=O)OCC(C)(C)C)[C@@H](O)[C@@]1(C)O. The van der Waals surface area contributed by atoms with E-state index in [1.807, 2.05) is 20.8 Å². The number of carbonyl (C=O) groups is 2. The van der Waals surface area contributed by atoms with Crippen LogP contribution < -0.4 is 20.6 Å². The highest BCUT2D eigenvalue weighted by molar-refractivity contribution is 7.54. The smallest absolute Gasteiger partial charge is 0.342 e. The van der Waals surface area contributed by atoms with E-state index in [4.69, 9.17) is 24.5 Å². The van der Waals surface area contributed by atoms with E-state index in [2.05, 4.69) is 25.1 Å². The van der Waals surface area contributed by atoms with Gasteiger partial charge in [-0.15, -0.1) is 0 Å². The summed E-state index contributed by atoms with van der Waals surface area (Å²) >= 11 is 0. The third kappa shape index (κ3) is 7.48. The van der Waals surface area contributed by atoms with Crippen molar-refractivity contribution in [3.8, 4) is 5.88 Å². The number of fused-ring (bicyclic) bond motifs is 1. The third-order valence-corrected chi connectivity index (χ3v) is 8.09. The van der Waals surface area contributed by atoms with Gasteiger partial charge in [-0.05, 0) is 26.2 Å². The first-order chi connectivity index (χ1) is 18.9. The Labute approximate surface area is 236 Å². The van der Waals surface area contributed by atoms with Gasteiger partial charge in [-0.2, -0.15) is 9.97 Å². The Morgan fingerprint density at radius 3 is 2.49 bits per heavy atom. The van der Waals surface area contributed by atoms with Crippen LogP contribution in [0.2, 0.25) is 0 Å². The van der Waals surface area contributed by atoms with Gasteiger partial charge in [0.1, 0.15) is 29.9 Å². The molecule has 1 fully saturated rings. The maximum absolute atomic E-state index is 13.7. The molecule has 230 valence electrons. The largest absolute Gasteiger partial charge is 0.480 e. The van der Waals surface area contributed by atoms with Crippen LogP contribution in [0, 0.1) is 5.41 Å². The number of ether oxygens (including phenoxy) is 3. The zero-order valence-electron chi connectivity index (χ0n) is 23.9. The van der Waals surface area contributed by atoms with Crippen LogP contribution in [0.4, 0.5) is 5.95 Å². The first-order valence-electron chi connectivity index (χ1n) is 12.7. The summed E-state index contributed by atoms with van der Waals surface area (Å²) in [5.74, 6) is -2.11. The number of aliphatic carboxylic acids is 1. The molecule has 0 saturated carbocycles. The number of carboxylic acids is 1. The minimum atomic E-state index is -4.29. The van der Waals surface area contributed by atoms with Crippen molar-refractivity contribution in [2.75, 3.05) is 26.1 Å². The first kappa shape index (κ1) is 32.6. The standard InChI is InChI=1S/C23H38N7O10P/c1-11(18(32)33)28-41(36,29-12(2)19(34)38-9-22(3,4)5)39-8-13-15(31)23(6,35)20(40-13)30-10-25-14-16(30)26-21(24)27-17(14)37-7/h10-13,15,20,31,35H,8-9H2,1-7H3,(H,32,33)(H2,24,26,27)(H2,28,29,36)/t11-,12-,13-,15-,20-,23-,41?/m1/s1. The molecular weight excluding hydrogens is 565 g/mol. The maximum Gasteiger partial charge on any atom is 0.342 e. The second-order valence-corrected chi connectivity index (χ2v) is 13.0. The normalized spacial score (nSPS) is 25.9. The number of nitrogens with one attached hydrogen (secondary N) is 2. The number of nitrogens with zero attached hydrogens (tertiary/aromatic N) is 4. The topological polar surface area (TPSA) is 242 Å². The highest BCUT2D eigenvalue weighted by Crippen LogP contribution is 2.44. The highest BCUT2D eigenvalue weighted by Gasteiger charge is 2.54. The molecule has 0 spiro atoms. The number of carbonyl (C=O) groups excluding carboxylic acids is 1. The van der Waals surface area contributed by atoms with Gasteiger partial charge in [-0.3, -0.25) is 18.7 Å². The Balaban J connectivity index is 1.81. The Bertz CT molecular complexity index is 1310. The summed E-state index contributed by atoms with van der Waals surface area (Å²) in [6.45, 7) is 9.01. The lowest BCUT2D eigenvalue weighted by Gasteiger charge is -2.28. The summed E-state index contributed by atoms with van der Waals surface area (Å²) in [7, 11) is -2.92. The Kier molecular flexibility index (Phi) is 9.64. The molecule has 3 heterocycles. The lowest BCUT2D eigenvalue weighted by molar-refractivity contribution is -0.148. The number of carboxylic acid groups (broad SMARTS) is 1. The number of esters is 1. The molecule has 18 heteroatoms. The lowest BCUT2D eigenvalue weighted by atomic mass is 9.96. The Morgan fingerprint density at radius 1 is 1.27 bits per heavy atom. The molecule has 2 aromatic rings. The number of hydrogen-bond donors (Lipinski definition) is 6. The first-order valence-corrected chi connectivity index (χ1v) is 14.3. The molecular formula is C23H38N7O10P. The Morgan fingerprint density at radius 2 is 1.90 bits per heavy atom. The van der Waals surface area contributed by atoms with E-state index >= 15 is 0 Å². The van der Waals surface area contributed by atoms with Crippen LogP contribution in [-0.2, 0) is 28.2 Å². The molecule has 1 aliphatic rings. The average Bonchev–Trinajstić information content (AvgIpc) is 3.37. The van der Waals surface area contributed by atoms with Gasteiger partial charge in [-0.25, -0.2) is 15.2 Å². The molecule has 3 rings (SSSR count). The number of imidazole rings is 1. The monoisotopic (exact) mass is 603 g/mol. The zero-order chi connectivity index (χ0) is 30.9. The van der Waals surface area contributed by atoms with Crippen LogP contribution >= 0.6 is 7.67 Å². The zero-order valence-corrected chi connectivity index (χ0v) is 24.8. The van der Waals surface area contributed by atoms with E-state index < -0.39 is 62.3 Å². The number of nitrogens with two attached hydrogens (primary N) is 1. The quantitative estimate of drug-likeness (QED) is 0.140. The number of aromatic nitrogens is 4. The number of methoxy groups -OCH3 is 1. The van der Waals surface area contributed by atoms with E-state index in [0.29, 0.717) is 0 Å². The summed E-state index contributed by atoms with van der Waals surface area (Å²) in [6.07, 6.45) is -2.82. The van der Waals surface area contributed by atoms with Crippen molar-refractivity contribution in [3.05, 3.63) is 6.33 Å². The van der Waals surface area contributed by atoms with Crippen LogP contribution in [0.25, 0.3) is 11.2 Å². The minimum absolute atomic E-state index is 0.0881. The number of nitrogen functional groups attached to an aromatic ring is 1. The van der Waals surface area contributed by atoms with Crippen molar-refractivity contribution in [1.82, 2.24) is 29.7 Å². The third-order valence-electron chi connectivity index (χ3n) is 6.13. The van der Waals surface area contributed by atoms with Gasteiger partial charge in [0.15, 0.2) is 17.4 Å². The van der Waals surface area contributed by atoms with Crippen molar-refractivity contribution in [2.24, 2.45) is 5.41 Å². The maximum atomic E-state index is 13.7. The molecule has 0 amide bonds. The number of hydrogen-bond acceptors (Lipinski definition) is 13.